The van der Waals surface area contributed by atoms with Gasteiger partial charge in [0.15, 0.2) is 0 Å². The summed E-state index contributed by atoms with van der Waals surface area (Å²) in [7, 11) is 0. The van der Waals surface area contributed by atoms with E-state index < -0.39 is 5.82 Å². The van der Waals surface area contributed by atoms with Crippen LogP contribution in [0.2, 0.25) is 5.02 Å². The molecule has 4 heteroatoms. The highest BCUT2D eigenvalue weighted by Crippen LogP contribution is 2.16. The van der Waals surface area contributed by atoms with E-state index in [1.165, 1.54) is 11.6 Å². The van der Waals surface area contributed by atoms with Crippen LogP contribution in [0.3, 0.4) is 0 Å². The molecule has 0 aliphatic heterocycles. The Bertz CT molecular complexity index is 586. The number of hydrogen-bond acceptors (Lipinski definition) is 2. The van der Waals surface area contributed by atoms with Gasteiger partial charge in [-0.05, 0) is 43.7 Å². The van der Waals surface area contributed by atoms with Crippen LogP contribution in [-0.2, 0) is 6.54 Å². The first-order valence-electron chi connectivity index (χ1n) is 6.91. The van der Waals surface area contributed by atoms with Crippen LogP contribution >= 0.6 is 11.6 Å². The van der Waals surface area contributed by atoms with Crippen molar-refractivity contribution in [2.75, 3.05) is 6.61 Å². The molecule has 0 saturated heterocycles. The molecule has 1 unspecified atom stereocenters. The van der Waals surface area contributed by atoms with Crippen molar-refractivity contribution in [3.63, 3.8) is 0 Å². The highest BCUT2D eigenvalue weighted by molar-refractivity contribution is 6.30. The molecule has 2 aromatic rings. The predicted molar refractivity (Wildman–Crippen MR) is 84.4 cm³/mol. The van der Waals surface area contributed by atoms with E-state index in [-0.39, 0.29) is 11.1 Å². The van der Waals surface area contributed by atoms with Crippen LogP contribution in [0.5, 0.6) is 5.75 Å². The lowest BCUT2D eigenvalue weighted by Crippen LogP contribution is -2.31. The third-order valence-electron chi connectivity index (χ3n) is 3.16. The number of ether oxygens (including phenoxy) is 1. The summed E-state index contributed by atoms with van der Waals surface area (Å²) < 4.78 is 18.8. The van der Waals surface area contributed by atoms with Crippen molar-refractivity contribution in [3.05, 3.63) is 64.4 Å². The zero-order chi connectivity index (χ0) is 15.2. The smallest absolute Gasteiger partial charge is 0.141 e. The van der Waals surface area contributed by atoms with E-state index in [2.05, 4.69) is 5.32 Å². The third kappa shape index (κ3) is 5.03. The number of halogens is 2. The minimum Gasteiger partial charge on any atom is -0.492 e. The van der Waals surface area contributed by atoms with E-state index in [4.69, 9.17) is 16.3 Å². The van der Waals surface area contributed by atoms with Gasteiger partial charge in [-0.3, -0.25) is 0 Å². The van der Waals surface area contributed by atoms with Crippen LogP contribution in [0.25, 0.3) is 0 Å². The zero-order valence-electron chi connectivity index (χ0n) is 12.2. The molecule has 0 aliphatic carbocycles. The molecule has 2 rings (SSSR count). The van der Waals surface area contributed by atoms with Crippen molar-refractivity contribution in [2.45, 2.75) is 26.4 Å². The normalized spacial score (nSPS) is 12.2. The van der Waals surface area contributed by atoms with Gasteiger partial charge in [-0.1, -0.05) is 35.4 Å². The highest BCUT2D eigenvalue weighted by atomic mass is 35.5. The van der Waals surface area contributed by atoms with Crippen molar-refractivity contribution >= 4 is 11.6 Å². The summed E-state index contributed by atoms with van der Waals surface area (Å²) in [6.45, 7) is 5.28. The second-order valence-electron chi connectivity index (χ2n) is 5.15. The largest absolute Gasteiger partial charge is 0.492 e. The SMILES string of the molecule is Cc1ccc(OCC(C)NCc2ccc(F)c(Cl)c2)cc1. The van der Waals surface area contributed by atoms with Crippen molar-refractivity contribution < 1.29 is 9.13 Å². The first-order chi connectivity index (χ1) is 10.0. The fourth-order valence-corrected chi connectivity index (χ4v) is 2.06. The van der Waals surface area contributed by atoms with Gasteiger partial charge in [0.1, 0.15) is 18.2 Å². The highest BCUT2D eigenvalue weighted by Gasteiger charge is 2.05. The van der Waals surface area contributed by atoms with Crippen molar-refractivity contribution in [1.29, 1.82) is 0 Å². The van der Waals surface area contributed by atoms with E-state index in [1.807, 2.05) is 38.1 Å². The first kappa shape index (κ1) is 15.8. The molecule has 0 aromatic heterocycles. The summed E-state index contributed by atoms with van der Waals surface area (Å²) in [5.74, 6) is 0.468. The molecule has 0 fully saturated rings. The number of benzene rings is 2. The van der Waals surface area contributed by atoms with Crippen LogP contribution in [-0.4, -0.2) is 12.6 Å². The maximum absolute atomic E-state index is 13.1. The predicted octanol–water partition coefficient (Wildman–Crippen LogP) is 4.34. The quantitative estimate of drug-likeness (QED) is 0.857. The molecule has 0 radical (unpaired) electrons. The molecule has 0 amide bonds. The Morgan fingerprint density at radius 1 is 1.19 bits per heavy atom. The topological polar surface area (TPSA) is 21.3 Å². The van der Waals surface area contributed by atoms with Crippen LogP contribution in [0.15, 0.2) is 42.5 Å². The van der Waals surface area contributed by atoms with Crippen LogP contribution in [0, 0.1) is 12.7 Å². The molecule has 0 spiro atoms. The summed E-state index contributed by atoms with van der Waals surface area (Å²) in [6.07, 6.45) is 0. The average Bonchev–Trinajstić information content (AvgIpc) is 2.48. The third-order valence-corrected chi connectivity index (χ3v) is 3.45. The Morgan fingerprint density at radius 3 is 2.57 bits per heavy atom. The maximum atomic E-state index is 13.1. The lowest BCUT2D eigenvalue weighted by atomic mass is 10.2. The number of rotatable bonds is 6. The van der Waals surface area contributed by atoms with E-state index in [0.29, 0.717) is 13.2 Å². The van der Waals surface area contributed by atoms with Crippen LogP contribution in [0.4, 0.5) is 4.39 Å². The molecule has 21 heavy (non-hydrogen) atoms. The summed E-state index contributed by atoms with van der Waals surface area (Å²) in [6, 6.07) is 12.9. The number of aryl methyl sites for hydroxylation is 1. The van der Waals surface area contributed by atoms with Gasteiger partial charge in [-0.25, -0.2) is 4.39 Å². The monoisotopic (exact) mass is 307 g/mol. The standard InChI is InChI=1S/C17H19ClFNO/c1-12-3-6-15(7-4-12)21-11-13(2)20-10-14-5-8-17(19)16(18)9-14/h3-9,13,20H,10-11H2,1-2H3. The molecular weight excluding hydrogens is 289 g/mol. The summed E-state index contributed by atoms with van der Waals surface area (Å²) in [5.41, 5.74) is 2.16. The van der Waals surface area contributed by atoms with E-state index in [0.717, 1.165) is 11.3 Å². The Balaban J connectivity index is 1.77. The zero-order valence-corrected chi connectivity index (χ0v) is 13.0. The minimum absolute atomic E-state index is 0.151. The molecular formula is C17H19ClFNO. The Hall–Kier alpha value is -1.58. The first-order valence-corrected chi connectivity index (χ1v) is 7.29. The van der Waals surface area contributed by atoms with Gasteiger partial charge in [-0.15, -0.1) is 0 Å². The van der Waals surface area contributed by atoms with Crippen LogP contribution in [0.1, 0.15) is 18.1 Å². The van der Waals surface area contributed by atoms with Crippen LogP contribution < -0.4 is 10.1 Å². The Kier molecular flexibility index (Phi) is 5.59. The fourth-order valence-electron chi connectivity index (χ4n) is 1.86. The molecule has 1 atom stereocenters. The number of hydrogen-bond donors (Lipinski definition) is 1. The van der Waals surface area contributed by atoms with Gasteiger partial charge < -0.3 is 10.1 Å². The van der Waals surface area contributed by atoms with Gasteiger partial charge in [-0.2, -0.15) is 0 Å². The molecule has 0 aliphatic rings. The second kappa shape index (κ2) is 7.43. The van der Waals surface area contributed by atoms with Crippen molar-refractivity contribution in [2.24, 2.45) is 0 Å². The number of nitrogens with one attached hydrogen (secondary N) is 1. The van der Waals surface area contributed by atoms with Crippen molar-refractivity contribution in [3.8, 4) is 5.75 Å². The second-order valence-corrected chi connectivity index (χ2v) is 5.56. The van der Waals surface area contributed by atoms with E-state index >= 15 is 0 Å². The minimum atomic E-state index is -0.392. The lowest BCUT2D eigenvalue weighted by molar-refractivity contribution is 0.272. The molecule has 112 valence electrons. The molecule has 0 bridgehead atoms. The fraction of sp³-hybridized carbons (Fsp3) is 0.294. The average molecular weight is 308 g/mol. The molecule has 2 nitrogen and oxygen atoms in total. The Labute approximate surface area is 129 Å². The summed E-state index contributed by atoms with van der Waals surface area (Å²) >= 11 is 5.76. The van der Waals surface area contributed by atoms with Gasteiger partial charge in [0.25, 0.3) is 0 Å². The van der Waals surface area contributed by atoms with Gasteiger partial charge in [0, 0.05) is 12.6 Å². The van der Waals surface area contributed by atoms with E-state index in [9.17, 15) is 4.39 Å². The summed E-state index contributed by atoms with van der Waals surface area (Å²) in [5, 5.41) is 3.47. The van der Waals surface area contributed by atoms with Crippen molar-refractivity contribution in [1.82, 2.24) is 5.32 Å². The molecule has 0 heterocycles. The molecule has 2 aromatic carbocycles. The van der Waals surface area contributed by atoms with Gasteiger partial charge in [0.05, 0.1) is 5.02 Å². The van der Waals surface area contributed by atoms with E-state index in [1.54, 1.807) is 12.1 Å². The lowest BCUT2D eigenvalue weighted by Gasteiger charge is -2.15. The molecule has 0 saturated carbocycles. The van der Waals surface area contributed by atoms with Gasteiger partial charge in [0.2, 0.25) is 0 Å². The maximum Gasteiger partial charge on any atom is 0.141 e. The van der Waals surface area contributed by atoms with Gasteiger partial charge >= 0.3 is 0 Å². The molecule has 1 N–H and O–H groups in total. The Morgan fingerprint density at radius 2 is 1.90 bits per heavy atom. The summed E-state index contributed by atoms with van der Waals surface area (Å²) in [4.78, 5) is 0.